The molecule has 0 saturated heterocycles. The van der Waals surface area contributed by atoms with Crippen LogP contribution >= 0.6 is 7.82 Å². The van der Waals surface area contributed by atoms with Gasteiger partial charge in [0.2, 0.25) is 0 Å². The molecule has 0 N–H and O–H groups in total. The van der Waals surface area contributed by atoms with Crippen molar-refractivity contribution in [3.05, 3.63) is 0 Å². The highest BCUT2D eigenvalue weighted by molar-refractivity contribution is 7.48. The summed E-state index contributed by atoms with van der Waals surface area (Å²) < 4.78 is 30.0. The van der Waals surface area contributed by atoms with Crippen LogP contribution in [0.5, 0.6) is 0 Å². The van der Waals surface area contributed by atoms with Crippen molar-refractivity contribution >= 4 is 25.2 Å². The van der Waals surface area contributed by atoms with Crippen molar-refractivity contribution in [1.29, 1.82) is 0 Å². The molecule has 0 bridgehead atoms. The third-order valence-electron chi connectivity index (χ3n) is 9.48. The molecule has 3 aliphatic carbocycles. The summed E-state index contributed by atoms with van der Waals surface area (Å²) in [5.74, 6) is -0.818. The molecule has 3 fully saturated rings. The third kappa shape index (κ3) is 9.64. The van der Waals surface area contributed by atoms with Crippen molar-refractivity contribution in [1.82, 2.24) is 0 Å². The zero-order valence-electron chi connectivity index (χ0n) is 24.6. The molecule has 0 aromatic rings. The molecule has 0 aromatic heterocycles. The number of carbonyl (C=O) groups is 3. The summed E-state index contributed by atoms with van der Waals surface area (Å²) in [5.41, 5.74) is 0.674. The van der Waals surface area contributed by atoms with E-state index in [1.807, 2.05) is 0 Å². The normalized spacial score (nSPS) is 24.7. The average molecular weight is 555 g/mol. The molecule has 3 rings (SSSR count). The Kier molecular flexibility index (Phi) is 10.6. The highest BCUT2D eigenvalue weighted by Crippen LogP contribution is 2.51. The molecule has 7 nitrogen and oxygen atoms in total. The number of hydrogen-bond acceptors (Lipinski definition) is 7. The predicted molar refractivity (Wildman–Crippen MR) is 148 cm³/mol. The maximum absolute atomic E-state index is 13.6. The molecular formula is C30H51O7P. The van der Waals surface area contributed by atoms with Gasteiger partial charge in [0, 0.05) is 17.8 Å². The molecule has 0 unspecified atom stereocenters. The van der Waals surface area contributed by atoms with Gasteiger partial charge in [-0.1, -0.05) is 41.5 Å². The molecule has 0 spiro atoms. The van der Waals surface area contributed by atoms with E-state index in [1.54, 1.807) is 0 Å². The summed E-state index contributed by atoms with van der Waals surface area (Å²) in [7, 11) is -4.27. The maximum Gasteiger partial charge on any atom is 0.476 e. The minimum absolute atomic E-state index is 0.130. The molecule has 38 heavy (non-hydrogen) atoms. The zero-order valence-corrected chi connectivity index (χ0v) is 25.5. The third-order valence-corrected chi connectivity index (χ3v) is 10.8. The van der Waals surface area contributed by atoms with E-state index < -0.39 is 27.6 Å². The molecule has 0 aromatic carbocycles. The topological polar surface area (TPSA) is 96.0 Å². The largest absolute Gasteiger partial charge is 0.476 e. The highest BCUT2D eigenvalue weighted by atomic mass is 31.2. The first kappa shape index (κ1) is 31.6. The van der Waals surface area contributed by atoms with E-state index in [9.17, 15) is 18.9 Å². The standard InChI is InChI=1S/C30H51O7P/c1-28(2)13-7-22(8-14-28)25(31)19-35-38(34,36-20-26(32)23-9-15-29(3,4)16-10-23)37-21-27(33)24-11-17-30(5,6)18-12-24/h22-24H,7-21H2,1-6H3. The van der Waals surface area contributed by atoms with Crippen molar-refractivity contribution < 1.29 is 32.5 Å². The molecule has 0 radical (unpaired) electrons. The fourth-order valence-corrected chi connectivity index (χ4v) is 7.14. The monoisotopic (exact) mass is 554 g/mol. The van der Waals surface area contributed by atoms with E-state index in [-0.39, 0.29) is 51.3 Å². The fraction of sp³-hybridized carbons (Fsp3) is 0.900. The number of phosphoric ester groups is 1. The Hall–Kier alpha value is -0.880. The molecule has 0 amide bonds. The first-order chi connectivity index (χ1) is 17.6. The number of phosphoric acid groups is 1. The molecule has 0 heterocycles. The summed E-state index contributed by atoms with van der Waals surface area (Å²) in [5, 5.41) is 0. The molecule has 3 saturated carbocycles. The predicted octanol–water partition coefficient (Wildman–Crippen LogP) is 7.50. The van der Waals surface area contributed by atoms with Gasteiger partial charge < -0.3 is 0 Å². The second kappa shape index (κ2) is 12.7. The van der Waals surface area contributed by atoms with Gasteiger partial charge in [0.25, 0.3) is 0 Å². The summed E-state index contributed by atoms with van der Waals surface area (Å²) in [4.78, 5) is 38.6. The quantitative estimate of drug-likeness (QED) is 0.230. The van der Waals surface area contributed by atoms with Crippen LogP contribution in [-0.2, 0) is 32.5 Å². The van der Waals surface area contributed by atoms with E-state index in [0.29, 0.717) is 0 Å². The zero-order chi connectivity index (χ0) is 28.2. The highest BCUT2D eigenvalue weighted by Gasteiger charge is 2.37. The van der Waals surface area contributed by atoms with Crippen molar-refractivity contribution in [3.8, 4) is 0 Å². The van der Waals surface area contributed by atoms with Crippen LogP contribution in [0, 0.1) is 34.0 Å². The van der Waals surface area contributed by atoms with Gasteiger partial charge in [-0.15, -0.1) is 0 Å². The van der Waals surface area contributed by atoms with E-state index >= 15 is 0 Å². The summed E-state index contributed by atoms with van der Waals surface area (Å²) in [6, 6.07) is 0. The smallest absolute Gasteiger partial charge is 0.297 e. The van der Waals surface area contributed by atoms with Crippen molar-refractivity contribution in [2.45, 2.75) is 119 Å². The maximum atomic E-state index is 13.6. The van der Waals surface area contributed by atoms with E-state index in [0.717, 1.165) is 77.0 Å². The van der Waals surface area contributed by atoms with Gasteiger partial charge in [0.1, 0.15) is 19.8 Å². The molecule has 0 atom stereocenters. The second-order valence-electron chi connectivity index (χ2n) is 14.5. The minimum Gasteiger partial charge on any atom is -0.297 e. The van der Waals surface area contributed by atoms with Crippen LogP contribution < -0.4 is 0 Å². The second-order valence-corrected chi connectivity index (χ2v) is 16.2. The van der Waals surface area contributed by atoms with Crippen molar-refractivity contribution in [2.75, 3.05) is 19.8 Å². The van der Waals surface area contributed by atoms with E-state index in [2.05, 4.69) is 41.5 Å². The van der Waals surface area contributed by atoms with Crippen LogP contribution in [0.2, 0.25) is 0 Å². The Labute approximate surface area is 230 Å². The Morgan fingerprint density at radius 2 is 0.737 bits per heavy atom. The lowest BCUT2D eigenvalue weighted by Gasteiger charge is -2.34. The molecule has 3 aliphatic rings. The van der Waals surface area contributed by atoms with Crippen LogP contribution in [0.1, 0.15) is 119 Å². The van der Waals surface area contributed by atoms with Crippen molar-refractivity contribution in [2.24, 2.45) is 34.0 Å². The number of rotatable bonds is 12. The van der Waals surface area contributed by atoms with Gasteiger partial charge >= 0.3 is 7.82 Å². The molecule has 218 valence electrons. The average Bonchev–Trinajstić information content (AvgIpc) is 2.84. The van der Waals surface area contributed by atoms with Gasteiger partial charge in [-0.3, -0.25) is 28.0 Å². The number of ketones is 3. The van der Waals surface area contributed by atoms with Gasteiger partial charge in [-0.2, -0.15) is 0 Å². The SMILES string of the molecule is CC1(C)CCC(C(=O)COP(=O)(OCC(=O)C2CCC(C)(C)CC2)OCC(=O)C2CCC(C)(C)CC2)CC1. The summed E-state index contributed by atoms with van der Waals surface area (Å²) >= 11 is 0. The lowest BCUT2D eigenvalue weighted by Crippen LogP contribution is -2.30. The van der Waals surface area contributed by atoms with Gasteiger partial charge in [0.05, 0.1) is 0 Å². The molecule has 0 aliphatic heterocycles. The summed E-state index contributed by atoms with van der Waals surface area (Å²) in [6.45, 7) is 12.0. The molecule has 8 heteroatoms. The van der Waals surface area contributed by atoms with Crippen LogP contribution in [-0.4, -0.2) is 37.2 Å². The Bertz CT molecular complexity index is 762. The number of Topliss-reactive ketones (excluding diaryl/α,β-unsaturated/α-hetero) is 3. The van der Waals surface area contributed by atoms with Gasteiger partial charge in [0.15, 0.2) is 17.3 Å². The molecular weight excluding hydrogens is 503 g/mol. The lowest BCUT2D eigenvalue weighted by atomic mass is 9.72. The van der Waals surface area contributed by atoms with Gasteiger partial charge in [-0.25, -0.2) is 4.57 Å². The van der Waals surface area contributed by atoms with Crippen LogP contribution in [0.4, 0.5) is 0 Å². The minimum atomic E-state index is -4.27. The fourth-order valence-electron chi connectivity index (χ4n) is 6.06. The van der Waals surface area contributed by atoms with Crippen LogP contribution in [0.15, 0.2) is 0 Å². The number of carbonyl (C=O) groups excluding carboxylic acids is 3. The van der Waals surface area contributed by atoms with E-state index in [1.165, 1.54) is 0 Å². The lowest BCUT2D eigenvalue weighted by molar-refractivity contribution is -0.129. The van der Waals surface area contributed by atoms with Crippen LogP contribution in [0.25, 0.3) is 0 Å². The van der Waals surface area contributed by atoms with Crippen molar-refractivity contribution in [3.63, 3.8) is 0 Å². The van der Waals surface area contributed by atoms with Gasteiger partial charge in [-0.05, 0) is 93.3 Å². The Morgan fingerprint density at radius 3 is 0.947 bits per heavy atom. The first-order valence-electron chi connectivity index (χ1n) is 14.7. The van der Waals surface area contributed by atoms with Crippen LogP contribution in [0.3, 0.4) is 0 Å². The number of hydrogen-bond donors (Lipinski definition) is 0. The Morgan fingerprint density at radius 1 is 0.526 bits per heavy atom. The first-order valence-corrected chi connectivity index (χ1v) is 16.2. The Balaban J connectivity index is 1.57. The van der Waals surface area contributed by atoms with E-state index in [4.69, 9.17) is 13.6 Å². The summed E-state index contributed by atoms with van der Waals surface area (Å²) in [6.07, 6.45) is 10.3.